The minimum atomic E-state index is -3.97. The van der Waals surface area contributed by atoms with Crippen molar-refractivity contribution >= 4 is 33.2 Å². The molecule has 0 aliphatic heterocycles. The van der Waals surface area contributed by atoms with Gasteiger partial charge in [-0.1, -0.05) is 62.6 Å². The number of hydrogen-bond acceptors (Lipinski definition) is 6. The number of anilines is 1. The van der Waals surface area contributed by atoms with E-state index < -0.39 is 33.4 Å². The maximum absolute atomic E-state index is 13.7. The molecule has 11 heteroatoms. The number of nitrogens with zero attached hydrogens (tertiary/aromatic N) is 3. The first-order chi connectivity index (χ1) is 17.6. The number of non-ortho nitro benzene ring substituents is 1. The van der Waals surface area contributed by atoms with E-state index in [0.29, 0.717) is 6.42 Å². The highest BCUT2D eigenvalue weighted by molar-refractivity contribution is 7.92. The summed E-state index contributed by atoms with van der Waals surface area (Å²) in [6.07, 6.45) is 6.29. The third-order valence-corrected chi connectivity index (χ3v) is 7.68. The first-order valence-corrected chi connectivity index (χ1v) is 14.3. The average molecular weight is 531 g/mol. The molecule has 1 atom stereocenters. The summed E-state index contributed by atoms with van der Waals surface area (Å²) in [4.78, 5) is 39.1. The van der Waals surface area contributed by atoms with Gasteiger partial charge in [0.1, 0.15) is 12.6 Å². The summed E-state index contributed by atoms with van der Waals surface area (Å²) in [5.74, 6) is -0.841. The summed E-state index contributed by atoms with van der Waals surface area (Å²) in [5.41, 5.74) is 0.503. The Morgan fingerprint density at radius 3 is 2.35 bits per heavy atom. The zero-order valence-corrected chi connectivity index (χ0v) is 22.0. The van der Waals surface area contributed by atoms with Crippen molar-refractivity contribution < 1.29 is 22.9 Å². The van der Waals surface area contributed by atoms with Crippen LogP contribution in [-0.4, -0.2) is 54.9 Å². The zero-order chi connectivity index (χ0) is 27.0. The second kappa shape index (κ2) is 12.7. The zero-order valence-electron chi connectivity index (χ0n) is 21.2. The highest BCUT2D eigenvalue weighted by Gasteiger charge is 2.33. The van der Waals surface area contributed by atoms with Crippen LogP contribution in [0.2, 0.25) is 0 Å². The van der Waals surface area contributed by atoms with Gasteiger partial charge in [-0.2, -0.15) is 0 Å². The molecule has 37 heavy (non-hydrogen) atoms. The van der Waals surface area contributed by atoms with Gasteiger partial charge in [-0.25, -0.2) is 8.42 Å². The van der Waals surface area contributed by atoms with Gasteiger partial charge in [-0.05, 0) is 30.9 Å². The molecule has 0 aromatic heterocycles. The van der Waals surface area contributed by atoms with E-state index in [4.69, 9.17) is 0 Å². The van der Waals surface area contributed by atoms with Crippen LogP contribution >= 0.6 is 0 Å². The normalized spacial score (nSPS) is 15.0. The Balaban J connectivity index is 1.91. The molecule has 2 aromatic carbocycles. The third-order valence-electron chi connectivity index (χ3n) is 6.54. The molecule has 1 saturated carbocycles. The number of hydrogen-bond donors (Lipinski definition) is 1. The summed E-state index contributed by atoms with van der Waals surface area (Å²) < 4.78 is 26.2. The van der Waals surface area contributed by atoms with Crippen molar-refractivity contribution in [1.82, 2.24) is 10.2 Å². The molecule has 2 amide bonds. The fraction of sp³-hybridized carbons (Fsp3) is 0.462. The van der Waals surface area contributed by atoms with Crippen LogP contribution in [0, 0.1) is 10.1 Å². The van der Waals surface area contributed by atoms with Crippen LogP contribution in [0.3, 0.4) is 0 Å². The maximum Gasteiger partial charge on any atom is 0.271 e. The van der Waals surface area contributed by atoms with Crippen molar-refractivity contribution in [2.24, 2.45) is 0 Å². The number of amides is 2. The Kier molecular flexibility index (Phi) is 9.62. The van der Waals surface area contributed by atoms with E-state index in [9.17, 15) is 28.1 Å². The van der Waals surface area contributed by atoms with Gasteiger partial charge >= 0.3 is 0 Å². The minimum Gasteiger partial charge on any atom is -0.352 e. The van der Waals surface area contributed by atoms with E-state index in [1.165, 1.54) is 23.1 Å². The number of nitrogens with one attached hydrogen (secondary N) is 1. The molecule has 1 N–H and O–H groups in total. The van der Waals surface area contributed by atoms with Gasteiger partial charge < -0.3 is 10.2 Å². The summed E-state index contributed by atoms with van der Waals surface area (Å²) in [6.45, 7) is 1.33. The van der Waals surface area contributed by atoms with Gasteiger partial charge in [0.25, 0.3) is 5.69 Å². The molecule has 1 fully saturated rings. The first-order valence-electron chi connectivity index (χ1n) is 12.5. The highest BCUT2D eigenvalue weighted by atomic mass is 32.2. The number of carbonyl (C=O) groups excluding carboxylic acids is 2. The predicted molar refractivity (Wildman–Crippen MR) is 141 cm³/mol. The molecular formula is C26H34N4O6S. The lowest BCUT2D eigenvalue weighted by atomic mass is 9.95. The first kappa shape index (κ1) is 28.1. The van der Waals surface area contributed by atoms with Crippen LogP contribution in [-0.2, 0) is 26.2 Å². The van der Waals surface area contributed by atoms with Gasteiger partial charge in [0.2, 0.25) is 21.8 Å². The molecule has 0 radical (unpaired) electrons. The van der Waals surface area contributed by atoms with Crippen LogP contribution in [0.4, 0.5) is 11.4 Å². The second-order valence-corrected chi connectivity index (χ2v) is 11.2. The Bertz CT molecular complexity index is 1200. The number of nitro groups is 1. The summed E-state index contributed by atoms with van der Waals surface area (Å²) >= 11 is 0. The molecule has 10 nitrogen and oxygen atoms in total. The van der Waals surface area contributed by atoms with E-state index in [0.717, 1.165) is 54.3 Å². The van der Waals surface area contributed by atoms with Gasteiger partial charge in [0.05, 0.1) is 16.9 Å². The molecule has 0 spiro atoms. The van der Waals surface area contributed by atoms with Crippen molar-refractivity contribution in [3.8, 4) is 0 Å². The maximum atomic E-state index is 13.7. The molecule has 0 bridgehead atoms. The van der Waals surface area contributed by atoms with Gasteiger partial charge in [0, 0.05) is 24.7 Å². The summed E-state index contributed by atoms with van der Waals surface area (Å²) in [6, 6.07) is 13.5. The van der Waals surface area contributed by atoms with Crippen molar-refractivity contribution in [2.45, 2.75) is 64.1 Å². The van der Waals surface area contributed by atoms with Crippen molar-refractivity contribution in [3.05, 3.63) is 70.3 Å². The largest absolute Gasteiger partial charge is 0.352 e. The lowest BCUT2D eigenvalue weighted by Gasteiger charge is -2.34. The number of rotatable bonds is 11. The van der Waals surface area contributed by atoms with E-state index in [2.05, 4.69) is 5.32 Å². The summed E-state index contributed by atoms with van der Waals surface area (Å²) in [7, 11) is -3.97. The lowest BCUT2D eigenvalue weighted by Crippen LogP contribution is -2.53. The lowest BCUT2D eigenvalue weighted by molar-refractivity contribution is -0.384. The number of nitro benzene ring substituents is 1. The van der Waals surface area contributed by atoms with E-state index in [1.807, 2.05) is 37.3 Å². The fourth-order valence-electron chi connectivity index (χ4n) is 4.62. The van der Waals surface area contributed by atoms with Crippen LogP contribution in [0.5, 0.6) is 0 Å². The van der Waals surface area contributed by atoms with Crippen LogP contribution in [0.15, 0.2) is 54.6 Å². The standard InChI is InChI=1S/C26H34N4O6S/c1-3-24(26(32)27-21-13-8-5-9-14-21)28(18-20-11-6-4-7-12-20)25(31)19-29(37(2,35)36)22-15-10-16-23(17-22)30(33)34/h4,6-7,10-12,15-17,21,24H,3,5,8-9,13-14,18-19H2,1-2H3,(H,27,32). The smallest absolute Gasteiger partial charge is 0.271 e. The van der Waals surface area contributed by atoms with Crippen molar-refractivity contribution in [1.29, 1.82) is 0 Å². The van der Waals surface area contributed by atoms with Gasteiger partial charge in [-0.3, -0.25) is 24.0 Å². The second-order valence-electron chi connectivity index (χ2n) is 9.32. The number of sulfonamides is 1. The Labute approximate surface area is 217 Å². The van der Waals surface area contributed by atoms with E-state index in [-0.39, 0.29) is 29.9 Å². The minimum absolute atomic E-state index is 0.00409. The quantitative estimate of drug-likeness (QED) is 0.349. The Morgan fingerprint density at radius 1 is 1.08 bits per heavy atom. The molecular weight excluding hydrogens is 496 g/mol. The predicted octanol–water partition coefficient (Wildman–Crippen LogP) is 3.62. The molecule has 3 rings (SSSR count). The van der Waals surface area contributed by atoms with Gasteiger partial charge in [-0.15, -0.1) is 0 Å². The fourth-order valence-corrected chi connectivity index (χ4v) is 5.46. The molecule has 200 valence electrons. The Morgan fingerprint density at radius 2 is 1.76 bits per heavy atom. The third kappa shape index (κ3) is 7.75. The van der Waals surface area contributed by atoms with Crippen molar-refractivity contribution in [3.63, 3.8) is 0 Å². The topological polar surface area (TPSA) is 130 Å². The molecule has 0 heterocycles. The molecule has 0 saturated heterocycles. The van der Waals surface area contributed by atoms with Crippen LogP contribution in [0.1, 0.15) is 51.0 Å². The van der Waals surface area contributed by atoms with Crippen molar-refractivity contribution in [2.75, 3.05) is 17.1 Å². The summed E-state index contributed by atoms with van der Waals surface area (Å²) in [5, 5.41) is 14.3. The van der Waals surface area contributed by atoms with Gasteiger partial charge in [0.15, 0.2) is 0 Å². The van der Waals surface area contributed by atoms with E-state index in [1.54, 1.807) is 0 Å². The number of carbonyl (C=O) groups is 2. The molecule has 1 unspecified atom stereocenters. The number of benzene rings is 2. The molecule has 1 aliphatic rings. The molecule has 2 aromatic rings. The highest BCUT2D eigenvalue weighted by Crippen LogP contribution is 2.24. The average Bonchev–Trinajstić information content (AvgIpc) is 2.87. The monoisotopic (exact) mass is 530 g/mol. The van der Waals surface area contributed by atoms with E-state index >= 15 is 0 Å². The van der Waals surface area contributed by atoms with Crippen LogP contribution in [0.25, 0.3) is 0 Å². The van der Waals surface area contributed by atoms with Crippen LogP contribution < -0.4 is 9.62 Å². The Hall–Kier alpha value is -3.47. The molecule has 1 aliphatic carbocycles. The SMILES string of the molecule is CCC(C(=O)NC1CCCCC1)N(Cc1ccccc1)C(=O)CN(c1cccc([N+](=O)[O-])c1)S(C)(=O)=O.